The minimum atomic E-state index is -1.28. The first-order valence-electron chi connectivity index (χ1n) is 4.27. The van der Waals surface area contributed by atoms with Gasteiger partial charge in [-0.1, -0.05) is 35.3 Å². The summed E-state index contributed by atoms with van der Waals surface area (Å²) in [6.45, 7) is 1.52. The van der Waals surface area contributed by atoms with E-state index in [0.29, 0.717) is 16.2 Å². The number of carbonyl (C=O) groups is 1. The van der Waals surface area contributed by atoms with Crippen molar-refractivity contribution in [1.82, 2.24) is 0 Å². The van der Waals surface area contributed by atoms with Crippen molar-refractivity contribution < 1.29 is 9.90 Å². The van der Waals surface area contributed by atoms with Gasteiger partial charge < -0.3 is 5.11 Å². The Labute approximate surface area is 103 Å². The van der Waals surface area contributed by atoms with E-state index in [1.165, 1.54) is 6.92 Å². The zero-order valence-corrected chi connectivity index (χ0v) is 9.80. The topological polar surface area (TPSA) is 61.1 Å². The van der Waals surface area contributed by atoms with Crippen LogP contribution >= 0.6 is 23.2 Å². The third-order valence-electron chi connectivity index (χ3n) is 2.06. The second-order valence-corrected chi connectivity index (χ2v) is 3.80. The highest BCUT2D eigenvalue weighted by Crippen LogP contribution is 2.31. The lowest BCUT2D eigenvalue weighted by molar-refractivity contribution is -0.132. The molecule has 0 amide bonds. The van der Waals surface area contributed by atoms with Crippen LogP contribution in [0.2, 0.25) is 10.0 Å². The van der Waals surface area contributed by atoms with Gasteiger partial charge in [0.05, 0.1) is 10.0 Å². The first-order valence-corrected chi connectivity index (χ1v) is 5.03. The van der Waals surface area contributed by atoms with Crippen molar-refractivity contribution in [2.75, 3.05) is 0 Å². The maximum absolute atomic E-state index is 10.8. The summed E-state index contributed by atoms with van der Waals surface area (Å²) >= 11 is 11.7. The van der Waals surface area contributed by atoms with Crippen molar-refractivity contribution in [3.63, 3.8) is 0 Å². The summed E-state index contributed by atoms with van der Waals surface area (Å²) in [6, 6.07) is 6.47. The molecule has 0 heterocycles. The molecule has 1 N–H and O–H groups in total. The molecule has 0 fully saturated rings. The smallest absolute Gasteiger partial charge is 0.346 e. The van der Waals surface area contributed by atoms with E-state index in [2.05, 4.69) is 0 Å². The number of aliphatic carboxylic acids is 1. The van der Waals surface area contributed by atoms with Gasteiger partial charge in [0.1, 0.15) is 11.6 Å². The third kappa shape index (κ3) is 2.35. The molecule has 16 heavy (non-hydrogen) atoms. The molecule has 1 aromatic rings. The fourth-order valence-electron chi connectivity index (χ4n) is 1.22. The van der Waals surface area contributed by atoms with Gasteiger partial charge >= 0.3 is 5.97 Å². The van der Waals surface area contributed by atoms with Crippen molar-refractivity contribution >= 4 is 34.7 Å². The van der Waals surface area contributed by atoms with Gasteiger partial charge in [0.15, 0.2) is 0 Å². The van der Waals surface area contributed by atoms with E-state index in [9.17, 15) is 4.79 Å². The monoisotopic (exact) mass is 255 g/mol. The summed E-state index contributed by atoms with van der Waals surface area (Å²) in [7, 11) is 0. The third-order valence-corrected chi connectivity index (χ3v) is 2.88. The Morgan fingerprint density at radius 3 is 2.56 bits per heavy atom. The number of carboxylic acids is 1. The molecule has 5 heteroatoms. The van der Waals surface area contributed by atoms with Crippen LogP contribution in [0.4, 0.5) is 0 Å². The summed E-state index contributed by atoms with van der Waals surface area (Å²) in [5.74, 6) is -1.28. The fraction of sp³-hybridized carbons (Fsp3) is 0.0909. The molecule has 0 unspecified atom stereocenters. The van der Waals surface area contributed by atoms with Crippen LogP contribution in [0.1, 0.15) is 12.5 Å². The highest BCUT2D eigenvalue weighted by atomic mass is 35.5. The molecule has 0 spiro atoms. The molecule has 0 aromatic heterocycles. The highest BCUT2D eigenvalue weighted by molar-refractivity contribution is 6.43. The summed E-state index contributed by atoms with van der Waals surface area (Å²) in [5.41, 5.74) is 0.403. The zero-order chi connectivity index (χ0) is 12.3. The molecule has 0 aliphatic heterocycles. The van der Waals surface area contributed by atoms with Crippen LogP contribution in [-0.2, 0) is 4.79 Å². The number of carboxylic acid groups (broad SMARTS) is 1. The predicted octanol–water partition coefficient (Wildman–Crippen LogP) is 3.38. The van der Waals surface area contributed by atoms with Crippen molar-refractivity contribution in [3.8, 4) is 6.07 Å². The SMILES string of the molecule is C/C(=C(\C#N)C(=O)O)c1cccc(Cl)c1Cl. The van der Waals surface area contributed by atoms with Crippen molar-refractivity contribution in [1.29, 1.82) is 5.26 Å². The standard InChI is InChI=1S/C11H7Cl2NO2/c1-6(8(5-14)11(15)16)7-3-2-4-9(12)10(7)13/h2-4H,1H3,(H,15,16)/b8-6-. The maximum Gasteiger partial charge on any atom is 0.346 e. The van der Waals surface area contributed by atoms with Crippen LogP contribution in [0, 0.1) is 11.3 Å². The van der Waals surface area contributed by atoms with Crippen molar-refractivity contribution in [2.24, 2.45) is 0 Å². The summed E-state index contributed by atoms with van der Waals surface area (Å²) in [4.78, 5) is 10.8. The largest absolute Gasteiger partial charge is 0.477 e. The number of hydrogen-bond donors (Lipinski definition) is 1. The van der Waals surface area contributed by atoms with Gasteiger partial charge in [-0.15, -0.1) is 0 Å². The number of nitrogens with zero attached hydrogens (tertiary/aromatic N) is 1. The van der Waals surface area contributed by atoms with E-state index in [-0.39, 0.29) is 10.6 Å². The molecule has 0 saturated carbocycles. The Morgan fingerprint density at radius 2 is 2.06 bits per heavy atom. The second-order valence-electron chi connectivity index (χ2n) is 3.02. The van der Waals surface area contributed by atoms with Gasteiger partial charge in [0.2, 0.25) is 0 Å². The molecule has 1 rings (SSSR count). The molecule has 0 saturated heterocycles. The molecule has 0 atom stereocenters. The molecule has 0 radical (unpaired) electrons. The zero-order valence-electron chi connectivity index (χ0n) is 8.29. The minimum Gasteiger partial charge on any atom is -0.477 e. The Morgan fingerprint density at radius 1 is 1.44 bits per heavy atom. The van der Waals surface area contributed by atoms with Crippen LogP contribution in [0.3, 0.4) is 0 Å². The number of rotatable bonds is 2. The summed E-state index contributed by atoms with van der Waals surface area (Å²) < 4.78 is 0. The molecule has 0 aliphatic rings. The number of benzene rings is 1. The van der Waals surface area contributed by atoms with Gasteiger partial charge in [0, 0.05) is 0 Å². The van der Waals surface area contributed by atoms with E-state index >= 15 is 0 Å². The molecule has 82 valence electrons. The Hall–Kier alpha value is -1.50. The number of halogens is 2. The van der Waals surface area contributed by atoms with E-state index in [1.807, 2.05) is 0 Å². The van der Waals surface area contributed by atoms with Crippen molar-refractivity contribution in [3.05, 3.63) is 39.4 Å². The number of allylic oxidation sites excluding steroid dienone is 1. The lowest BCUT2D eigenvalue weighted by atomic mass is 10.0. The van der Waals surface area contributed by atoms with E-state index < -0.39 is 5.97 Å². The van der Waals surface area contributed by atoms with Crippen molar-refractivity contribution in [2.45, 2.75) is 6.92 Å². The van der Waals surface area contributed by atoms with Crippen LogP contribution < -0.4 is 0 Å². The van der Waals surface area contributed by atoms with Gasteiger partial charge in [-0.25, -0.2) is 4.79 Å². The van der Waals surface area contributed by atoms with E-state index in [4.69, 9.17) is 33.6 Å². The van der Waals surface area contributed by atoms with Gasteiger partial charge in [-0.05, 0) is 24.1 Å². The average molecular weight is 256 g/mol. The molecule has 3 nitrogen and oxygen atoms in total. The highest BCUT2D eigenvalue weighted by Gasteiger charge is 2.15. The Kier molecular flexibility index (Phi) is 3.94. The van der Waals surface area contributed by atoms with E-state index in [0.717, 1.165) is 0 Å². The molecule has 0 bridgehead atoms. The van der Waals surface area contributed by atoms with Crippen LogP contribution in [0.25, 0.3) is 5.57 Å². The first-order chi connectivity index (χ1) is 7.49. The number of hydrogen-bond acceptors (Lipinski definition) is 2. The van der Waals surface area contributed by atoms with Crippen LogP contribution in [0.15, 0.2) is 23.8 Å². The van der Waals surface area contributed by atoms with Gasteiger partial charge in [-0.2, -0.15) is 5.26 Å². The lowest BCUT2D eigenvalue weighted by Gasteiger charge is -2.06. The molecule has 1 aromatic carbocycles. The van der Waals surface area contributed by atoms with Crippen LogP contribution in [0.5, 0.6) is 0 Å². The molecular formula is C11H7Cl2NO2. The Bertz CT molecular complexity index is 515. The number of nitriles is 1. The first kappa shape index (κ1) is 12.6. The molecular weight excluding hydrogens is 249 g/mol. The van der Waals surface area contributed by atoms with Crippen LogP contribution in [-0.4, -0.2) is 11.1 Å². The predicted molar refractivity (Wildman–Crippen MR) is 62.3 cm³/mol. The minimum absolute atomic E-state index is 0.246. The summed E-state index contributed by atoms with van der Waals surface area (Å²) in [5, 5.41) is 18.1. The molecule has 0 aliphatic carbocycles. The Balaban J connectivity index is 3.46. The van der Waals surface area contributed by atoms with E-state index in [1.54, 1.807) is 24.3 Å². The quantitative estimate of drug-likeness (QED) is 0.651. The fourth-order valence-corrected chi connectivity index (χ4v) is 1.66. The second kappa shape index (κ2) is 5.02. The lowest BCUT2D eigenvalue weighted by Crippen LogP contribution is -2.01. The summed E-state index contributed by atoms with van der Waals surface area (Å²) in [6.07, 6.45) is 0. The van der Waals surface area contributed by atoms with Gasteiger partial charge in [0.25, 0.3) is 0 Å². The van der Waals surface area contributed by atoms with Gasteiger partial charge in [-0.3, -0.25) is 0 Å². The maximum atomic E-state index is 10.8. The normalized spacial score (nSPS) is 11.6. The average Bonchev–Trinajstić information content (AvgIpc) is 2.22.